The van der Waals surface area contributed by atoms with Gasteiger partial charge in [0.05, 0.1) is 6.61 Å². The molecule has 0 spiro atoms. The first-order valence-corrected chi connectivity index (χ1v) is 26.5. The van der Waals surface area contributed by atoms with Crippen molar-refractivity contribution in [2.45, 2.75) is 258 Å². The van der Waals surface area contributed by atoms with Gasteiger partial charge in [-0.3, -0.25) is 9.59 Å². The summed E-state index contributed by atoms with van der Waals surface area (Å²) < 4.78 is 17.3. The highest BCUT2D eigenvalue weighted by molar-refractivity contribution is 5.70. The lowest BCUT2D eigenvalue weighted by Gasteiger charge is -2.18. The zero-order chi connectivity index (χ0) is 44.9. The van der Waals surface area contributed by atoms with Crippen LogP contribution in [0.3, 0.4) is 0 Å². The van der Waals surface area contributed by atoms with Gasteiger partial charge in [0, 0.05) is 19.4 Å². The van der Waals surface area contributed by atoms with Gasteiger partial charge in [0.15, 0.2) is 6.10 Å². The number of allylic oxidation sites excluding steroid dienone is 12. The van der Waals surface area contributed by atoms with E-state index in [1.165, 1.54) is 141 Å². The first-order chi connectivity index (χ1) is 30.6. The maximum absolute atomic E-state index is 12.8. The molecule has 0 aliphatic rings. The zero-order valence-corrected chi connectivity index (χ0v) is 41.1. The fourth-order valence-corrected chi connectivity index (χ4v) is 7.31. The van der Waals surface area contributed by atoms with Crippen LogP contribution in [0.5, 0.6) is 0 Å². The van der Waals surface area contributed by atoms with Crippen molar-refractivity contribution in [3.8, 4) is 0 Å². The summed E-state index contributed by atoms with van der Waals surface area (Å²) in [5.74, 6) is -0.430. The van der Waals surface area contributed by atoms with Crippen molar-refractivity contribution in [2.24, 2.45) is 0 Å². The third kappa shape index (κ3) is 50.0. The topological polar surface area (TPSA) is 61.8 Å². The molecular weight excluding hydrogens is 765 g/mol. The van der Waals surface area contributed by atoms with E-state index >= 15 is 0 Å². The second-order valence-electron chi connectivity index (χ2n) is 17.4. The fraction of sp³-hybridized carbons (Fsp3) is 0.754. The summed E-state index contributed by atoms with van der Waals surface area (Å²) in [4.78, 5) is 25.4. The van der Waals surface area contributed by atoms with Crippen LogP contribution in [0.25, 0.3) is 0 Å². The van der Waals surface area contributed by atoms with E-state index in [9.17, 15) is 9.59 Å². The van der Waals surface area contributed by atoms with Crippen LogP contribution >= 0.6 is 0 Å². The van der Waals surface area contributed by atoms with Crippen LogP contribution in [0.15, 0.2) is 72.9 Å². The predicted molar refractivity (Wildman–Crippen MR) is 270 cm³/mol. The maximum Gasteiger partial charge on any atom is 0.306 e. The van der Waals surface area contributed by atoms with Crippen molar-refractivity contribution in [1.29, 1.82) is 0 Å². The van der Waals surface area contributed by atoms with Gasteiger partial charge in [0.1, 0.15) is 6.61 Å². The largest absolute Gasteiger partial charge is 0.462 e. The summed E-state index contributed by atoms with van der Waals surface area (Å²) in [7, 11) is 0. The molecule has 0 rings (SSSR count). The van der Waals surface area contributed by atoms with Crippen LogP contribution in [-0.2, 0) is 23.8 Å². The van der Waals surface area contributed by atoms with Crippen LogP contribution < -0.4 is 0 Å². The quantitative estimate of drug-likeness (QED) is 0.0346. The molecule has 0 aromatic rings. The molecule has 0 saturated heterocycles. The van der Waals surface area contributed by atoms with Crippen molar-refractivity contribution < 1.29 is 23.8 Å². The van der Waals surface area contributed by atoms with Gasteiger partial charge < -0.3 is 14.2 Å². The Morgan fingerprint density at radius 3 is 1.19 bits per heavy atom. The van der Waals surface area contributed by atoms with Gasteiger partial charge in [-0.25, -0.2) is 0 Å². The molecule has 0 heterocycles. The van der Waals surface area contributed by atoms with E-state index in [2.05, 4.69) is 93.7 Å². The average Bonchev–Trinajstić information content (AvgIpc) is 3.27. The molecule has 62 heavy (non-hydrogen) atoms. The molecule has 0 amide bonds. The minimum absolute atomic E-state index is 0.0595. The van der Waals surface area contributed by atoms with Gasteiger partial charge in [0.25, 0.3) is 0 Å². The third-order valence-corrected chi connectivity index (χ3v) is 11.2. The highest BCUT2D eigenvalue weighted by Crippen LogP contribution is 2.15. The summed E-state index contributed by atoms with van der Waals surface area (Å²) in [5.41, 5.74) is 0. The lowest BCUT2D eigenvalue weighted by Crippen LogP contribution is -2.30. The molecule has 5 heteroatoms. The van der Waals surface area contributed by atoms with Gasteiger partial charge in [-0.2, -0.15) is 0 Å². The molecule has 0 bridgehead atoms. The van der Waals surface area contributed by atoms with Crippen LogP contribution in [0, 0.1) is 0 Å². The van der Waals surface area contributed by atoms with E-state index in [0.717, 1.165) is 77.0 Å². The van der Waals surface area contributed by atoms with Crippen LogP contribution in [0.4, 0.5) is 0 Å². The second kappa shape index (κ2) is 52.7. The standard InChI is InChI=1S/C57H100O5/c1-4-7-10-13-16-19-22-25-28-29-31-32-35-38-41-44-47-50-56(58)61-54-55(53-60-52-49-46-43-40-37-34-27-24-21-18-15-12-9-6-3)62-57(59)51-48-45-42-39-36-33-30-26-23-20-17-14-11-8-5-2/h9,12,16,18-19,21,25,27-28,34,40,43,55H,4-8,10-11,13-15,17,20,22-24,26,29-33,35-39,41-42,44-54H2,1-3H3/b12-9-,19-16-,21-18-,28-25-,34-27-,43-40-. The number of esters is 2. The van der Waals surface area contributed by atoms with Gasteiger partial charge in [-0.05, 0) is 83.5 Å². The molecule has 0 N–H and O–H groups in total. The first-order valence-electron chi connectivity index (χ1n) is 26.5. The summed E-state index contributed by atoms with van der Waals surface area (Å²) >= 11 is 0. The lowest BCUT2D eigenvalue weighted by atomic mass is 10.0. The van der Waals surface area contributed by atoms with Crippen LogP contribution in [0.1, 0.15) is 252 Å². The summed E-state index contributed by atoms with van der Waals surface area (Å²) in [6.07, 6.45) is 67.8. The third-order valence-electron chi connectivity index (χ3n) is 11.2. The average molecular weight is 865 g/mol. The number of hydrogen-bond acceptors (Lipinski definition) is 5. The zero-order valence-electron chi connectivity index (χ0n) is 41.1. The molecular formula is C57H100O5. The van der Waals surface area contributed by atoms with Gasteiger partial charge in [-0.15, -0.1) is 0 Å². The molecule has 5 nitrogen and oxygen atoms in total. The predicted octanol–water partition coefficient (Wildman–Crippen LogP) is 17.9. The van der Waals surface area contributed by atoms with E-state index in [4.69, 9.17) is 14.2 Å². The molecule has 0 aliphatic carbocycles. The Balaban J connectivity index is 4.33. The highest BCUT2D eigenvalue weighted by atomic mass is 16.6. The molecule has 0 fully saturated rings. The Morgan fingerprint density at radius 1 is 0.371 bits per heavy atom. The molecule has 0 aromatic carbocycles. The summed E-state index contributed by atoms with van der Waals surface area (Å²) in [5, 5.41) is 0. The van der Waals surface area contributed by atoms with E-state index in [1.54, 1.807) is 0 Å². The van der Waals surface area contributed by atoms with Crippen molar-refractivity contribution in [1.82, 2.24) is 0 Å². The monoisotopic (exact) mass is 865 g/mol. The molecule has 358 valence electrons. The van der Waals surface area contributed by atoms with E-state index in [-0.39, 0.29) is 25.2 Å². The van der Waals surface area contributed by atoms with E-state index in [0.29, 0.717) is 19.4 Å². The Labute approximate surface area is 385 Å². The maximum atomic E-state index is 12.8. The number of unbranched alkanes of at least 4 members (excludes halogenated alkanes) is 25. The number of hydrogen-bond donors (Lipinski definition) is 0. The van der Waals surface area contributed by atoms with Gasteiger partial charge in [-0.1, -0.05) is 229 Å². The fourth-order valence-electron chi connectivity index (χ4n) is 7.31. The molecule has 0 aromatic heterocycles. The van der Waals surface area contributed by atoms with E-state index in [1.807, 2.05) is 0 Å². The summed E-state index contributed by atoms with van der Waals surface area (Å²) in [6, 6.07) is 0. The van der Waals surface area contributed by atoms with Gasteiger partial charge >= 0.3 is 11.9 Å². The SMILES string of the molecule is CC/C=C\C/C=C\C/C=C\C/C=C\CCCOCC(COC(=O)CCCCCCCCC/C=C\C/C=C\CCCCC)OC(=O)CCCCCCCCCCCCCCCCC. The number of rotatable bonds is 48. The molecule has 1 atom stereocenters. The van der Waals surface area contributed by atoms with Crippen molar-refractivity contribution in [3.63, 3.8) is 0 Å². The Morgan fingerprint density at radius 2 is 0.726 bits per heavy atom. The minimum atomic E-state index is -0.568. The van der Waals surface area contributed by atoms with Gasteiger partial charge in [0.2, 0.25) is 0 Å². The van der Waals surface area contributed by atoms with Crippen molar-refractivity contribution in [2.75, 3.05) is 19.8 Å². The Bertz CT molecular complexity index is 1110. The molecule has 1 unspecified atom stereocenters. The van der Waals surface area contributed by atoms with E-state index < -0.39 is 6.10 Å². The lowest BCUT2D eigenvalue weighted by molar-refractivity contribution is -0.163. The highest BCUT2D eigenvalue weighted by Gasteiger charge is 2.17. The number of carbonyl (C=O) groups is 2. The Hall–Kier alpha value is -2.66. The summed E-state index contributed by atoms with van der Waals surface area (Å²) in [6.45, 7) is 7.57. The second-order valence-corrected chi connectivity index (χ2v) is 17.4. The molecule has 0 aliphatic heterocycles. The molecule has 0 saturated carbocycles. The number of carbonyl (C=O) groups excluding carboxylic acids is 2. The minimum Gasteiger partial charge on any atom is -0.462 e. The smallest absolute Gasteiger partial charge is 0.306 e. The number of ether oxygens (including phenoxy) is 3. The Kier molecular flexibility index (Phi) is 50.4. The van der Waals surface area contributed by atoms with Crippen molar-refractivity contribution in [3.05, 3.63) is 72.9 Å². The normalized spacial score (nSPS) is 12.8. The van der Waals surface area contributed by atoms with Crippen LogP contribution in [0.2, 0.25) is 0 Å². The van der Waals surface area contributed by atoms with Crippen molar-refractivity contribution >= 4 is 11.9 Å². The van der Waals surface area contributed by atoms with Crippen LogP contribution in [-0.4, -0.2) is 37.9 Å². The molecule has 0 radical (unpaired) electrons. The first kappa shape index (κ1) is 59.3.